The quantitative estimate of drug-likeness (QED) is 0.888. The summed E-state index contributed by atoms with van der Waals surface area (Å²) in [5, 5.41) is 3.55. The highest BCUT2D eigenvalue weighted by Crippen LogP contribution is 2.31. The van der Waals surface area contributed by atoms with Crippen LogP contribution in [-0.2, 0) is 6.42 Å². The van der Waals surface area contributed by atoms with Crippen LogP contribution in [0.15, 0.2) is 45.7 Å². The predicted octanol–water partition coefficient (Wildman–Crippen LogP) is 3.63. The molecule has 3 nitrogen and oxygen atoms in total. The number of pyridine rings is 1. The third kappa shape index (κ3) is 2.73. The number of aromatic nitrogens is 1. The number of hydrogen-bond acceptors (Lipinski definition) is 2. The van der Waals surface area contributed by atoms with Gasteiger partial charge in [0.1, 0.15) is 0 Å². The Labute approximate surface area is 120 Å². The number of halogens is 1. The van der Waals surface area contributed by atoms with Crippen molar-refractivity contribution in [1.29, 1.82) is 0 Å². The fraction of sp³-hybridized carbons (Fsp3) is 0.267. The topological polar surface area (TPSA) is 44.9 Å². The lowest BCUT2D eigenvalue weighted by molar-refractivity contribution is 0.587. The van der Waals surface area contributed by atoms with E-state index in [-0.39, 0.29) is 11.6 Å². The van der Waals surface area contributed by atoms with E-state index in [1.54, 1.807) is 6.07 Å². The number of aryl methyl sites for hydroxylation is 1. The maximum atomic E-state index is 11.4. The van der Waals surface area contributed by atoms with Crippen molar-refractivity contribution in [3.05, 3.63) is 62.5 Å². The molecule has 4 heteroatoms. The van der Waals surface area contributed by atoms with Gasteiger partial charge in [0.05, 0.1) is 6.04 Å². The number of nitrogens with one attached hydrogen (secondary N) is 2. The number of benzene rings is 1. The molecule has 1 heterocycles. The van der Waals surface area contributed by atoms with E-state index < -0.39 is 0 Å². The third-order valence-corrected chi connectivity index (χ3v) is 3.99. The Morgan fingerprint density at radius 2 is 2.16 bits per heavy atom. The maximum absolute atomic E-state index is 11.4. The molecule has 2 N–H and O–H groups in total. The Kier molecular flexibility index (Phi) is 3.42. The summed E-state index contributed by atoms with van der Waals surface area (Å²) in [4.78, 5) is 14.3. The fourth-order valence-electron chi connectivity index (χ4n) is 2.63. The second kappa shape index (κ2) is 5.21. The molecule has 1 aliphatic rings. The first-order chi connectivity index (χ1) is 9.22. The van der Waals surface area contributed by atoms with Crippen LogP contribution in [0.3, 0.4) is 0 Å². The van der Waals surface area contributed by atoms with Crippen molar-refractivity contribution in [2.45, 2.75) is 25.3 Å². The minimum Gasteiger partial charge on any atom is -0.378 e. The van der Waals surface area contributed by atoms with E-state index in [2.05, 4.69) is 38.4 Å². The second-order valence-corrected chi connectivity index (χ2v) is 5.77. The van der Waals surface area contributed by atoms with Gasteiger partial charge in [-0.25, -0.2) is 0 Å². The number of rotatable bonds is 2. The Bertz CT molecular complexity index is 651. The van der Waals surface area contributed by atoms with Gasteiger partial charge in [0.2, 0.25) is 5.56 Å². The second-order valence-electron chi connectivity index (χ2n) is 4.86. The third-order valence-electron chi connectivity index (χ3n) is 3.50. The van der Waals surface area contributed by atoms with Crippen LogP contribution in [0.25, 0.3) is 0 Å². The molecule has 0 saturated carbocycles. The zero-order valence-corrected chi connectivity index (χ0v) is 12.0. The Balaban J connectivity index is 1.90. The van der Waals surface area contributed by atoms with Crippen molar-refractivity contribution in [2.75, 3.05) is 5.32 Å². The minimum atomic E-state index is -0.0122. The van der Waals surface area contributed by atoms with Gasteiger partial charge in [-0.3, -0.25) is 4.79 Å². The van der Waals surface area contributed by atoms with Crippen molar-refractivity contribution in [2.24, 2.45) is 0 Å². The first-order valence-electron chi connectivity index (χ1n) is 6.46. The van der Waals surface area contributed by atoms with E-state index in [0.717, 1.165) is 35.1 Å². The van der Waals surface area contributed by atoms with E-state index in [1.165, 1.54) is 5.56 Å². The molecular formula is C15H15BrN2O. The molecule has 0 aliphatic heterocycles. The molecule has 3 rings (SSSR count). The summed E-state index contributed by atoms with van der Waals surface area (Å²) in [6.07, 6.45) is 3.15. The smallest absolute Gasteiger partial charge is 0.248 e. The number of aromatic amines is 1. The summed E-state index contributed by atoms with van der Waals surface area (Å²) in [5.74, 6) is 0. The van der Waals surface area contributed by atoms with Crippen LogP contribution in [-0.4, -0.2) is 4.98 Å². The van der Waals surface area contributed by atoms with Crippen molar-refractivity contribution < 1.29 is 0 Å². The largest absolute Gasteiger partial charge is 0.378 e. The monoisotopic (exact) mass is 318 g/mol. The molecule has 1 aromatic carbocycles. The molecular weight excluding hydrogens is 304 g/mol. The molecule has 2 aromatic rings. The molecule has 1 aromatic heterocycles. The highest BCUT2D eigenvalue weighted by Gasteiger charge is 2.20. The normalized spacial score (nSPS) is 17.8. The van der Waals surface area contributed by atoms with Gasteiger partial charge >= 0.3 is 0 Å². The zero-order chi connectivity index (χ0) is 13.2. The number of anilines is 1. The van der Waals surface area contributed by atoms with Gasteiger partial charge in [-0.05, 0) is 49.1 Å². The zero-order valence-electron chi connectivity index (χ0n) is 10.4. The highest BCUT2D eigenvalue weighted by atomic mass is 79.9. The fourth-order valence-corrected chi connectivity index (χ4v) is 3.03. The number of fused-ring (bicyclic) bond motifs is 1. The summed E-state index contributed by atoms with van der Waals surface area (Å²) in [6, 6.07) is 12.0. The predicted molar refractivity (Wildman–Crippen MR) is 80.5 cm³/mol. The number of H-pyrrole nitrogens is 1. The summed E-state index contributed by atoms with van der Waals surface area (Å²) in [5.41, 5.74) is 3.37. The molecule has 98 valence electrons. The molecule has 0 spiro atoms. The van der Waals surface area contributed by atoms with Crippen LogP contribution in [0.4, 0.5) is 5.69 Å². The average Bonchev–Trinajstić information content (AvgIpc) is 2.38. The van der Waals surface area contributed by atoms with Gasteiger partial charge in [-0.1, -0.05) is 22.0 Å². The van der Waals surface area contributed by atoms with Gasteiger partial charge < -0.3 is 10.3 Å². The minimum absolute atomic E-state index is 0.0122. The van der Waals surface area contributed by atoms with E-state index in [9.17, 15) is 4.79 Å². The van der Waals surface area contributed by atoms with Crippen molar-refractivity contribution >= 4 is 21.6 Å². The Morgan fingerprint density at radius 3 is 3.00 bits per heavy atom. The molecule has 1 aliphatic carbocycles. The lowest BCUT2D eigenvalue weighted by Crippen LogP contribution is -2.21. The Hall–Kier alpha value is -1.55. The van der Waals surface area contributed by atoms with Gasteiger partial charge in [-0.15, -0.1) is 0 Å². The van der Waals surface area contributed by atoms with Gasteiger partial charge in [0.15, 0.2) is 0 Å². The number of hydrogen-bond donors (Lipinski definition) is 2. The van der Waals surface area contributed by atoms with Crippen molar-refractivity contribution in [3.8, 4) is 0 Å². The molecule has 19 heavy (non-hydrogen) atoms. The SMILES string of the molecule is O=c1ccc2c([nH]1)CCCC2Nc1cccc(Br)c1. The Morgan fingerprint density at radius 1 is 1.26 bits per heavy atom. The van der Waals surface area contributed by atoms with Gasteiger partial charge in [0, 0.05) is 21.9 Å². The lowest BCUT2D eigenvalue weighted by atomic mass is 9.91. The lowest BCUT2D eigenvalue weighted by Gasteiger charge is -2.26. The molecule has 0 radical (unpaired) electrons. The van der Waals surface area contributed by atoms with Gasteiger partial charge in [-0.2, -0.15) is 0 Å². The highest BCUT2D eigenvalue weighted by molar-refractivity contribution is 9.10. The van der Waals surface area contributed by atoms with E-state index in [4.69, 9.17) is 0 Å². The van der Waals surface area contributed by atoms with Crippen LogP contribution < -0.4 is 10.9 Å². The molecule has 1 atom stereocenters. The average molecular weight is 319 g/mol. The van der Waals surface area contributed by atoms with Crippen molar-refractivity contribution in [3.63, 3.8) is 0 Å². The molecule has 0 fully saturated rings. The van der Waals surface area contributed by atoms with Crippen LogP contribution in [0, 0.1) is 0 Å². The first kappa shape index (κ1) is 12.5. The molecule has 0 saturated heterocycles. The van der Waals surface area contributed by atoms with Crippen LogP contribution in [0.2, 0.25) is 0 Å². The standard InChI is InChI=1S/C15H15BrN2O/c16-10-3-1-4-11(9-10)17-13-5-2-6-14-12(13)7-8-15(19)18-14/h1,3-4,7-9,13,17H,2,5-6H2,(H,18,19). The molecule has 1 unspecified atom stereocenters. The summed E-state index contributed by atoms with van der Waals surface area (Å²) in [6.45, 7) is 0. The van der Waals surface area contributed by atoms with E-state index in [1.807, 2.05) is 18.2 Å². The molecule has 0 bridgehead atoms. The molecule has 0 amide bonds. The summed E-state index contributed by atoms with van der Waals surface area (Å²) < 4.78 is 1.06. The summed E-state index contributed by atoms with van der Waals surface area (Å²) in [7, 11) is 0. The van der Waals surface area contributed by atoms with Gasteiger partial charge in [0.25, 0.3) is 0 Å². The summed E-state index contributed by atoms with van der Waals surface area (Å²) >= 11 is 3.48. The van der Waals surface area contributed by atoms with Crippen molar-refractivity contribution in [1.82, 2.24) is 4.98 Å². The van der Waals surface area contributed by atoms with E-state index in [0.29, 0.717) is 0 Å². The van der Waals surface area contributed by atoms with Crippen LogP contribution >= 0.6 is 15.9 Å². The van der Waals surface area contributed by atoms with Crippen LogP contribution in [0.5, 0.6) is 0 Å². The first-order valence-corrected chi connectivity index (χ1v) is 7.26. The maximum Gasteiger partial charge on any atom is 0.248 e. The van der Waals surface area contributed by atoms with Crippen LogP contribution in [0.1, 0.15) is 30.1 Å². The van der Waals surface area contributed by atoms with E-state index >= 15 is 0 Å².